The van der Waals surface area contributed by atoms with Crippen LogP contribution >= 0.6 is 0 Å². The van der Waals surface area contributed by atoms with Gasteiger partial charge in [-0.15, -0.1) is 0 Å². The summed E-state index contributed by atoms with van der Waals surface area (Å²) < 4.78 is 13.3. The van der Waals surface area contributed by atoms with Gasteiger partial charge in [0.15, 0.2) is 6.19 Å². The monoisotopic (exact) mass is 418 g/mol. The normalized spacial score (nSPS) is 12.1. The van der Waals surface area contributed by atoms with Gasteiger partial charge in [0.1, 0.15) is 5.82 Å². The molecule has 0 spiro atoms. The number of halogens is 1. The number of benzene rings is 2. The van der Waals surface area contributed by atoms with E-state index in [0.29, 0.717) is 24.5 Å². The number of nitriles is 1. The van der Waals surface area contributed by atoms with Crippen LogP contribution in [-0.2, 0) is 6.42 Å². The number of nitrogens with one attached hydrogen (secondary N) is 3. The van der Waals surface area contributed by atoms with Crippen molar-refractivity contribution in [3.63, 3.8) is 0 Å². The van der Waals surface area contributed by atoms with E-state index in [1.54, 1.807) is 30.6 Å². The van der Waals surface area contributed by atoms with Gasteiger partial charge in [-0.05, 0) is 54.9 Å². The molecule has 4 N–H and O–H groups in total. The lowest BCUT2D eigenvalue weighted by molar-refractivity contribution is 0.174. The van der Waals surface area contributed by atoms with Gasteiger partial charge in [-0.1, -0.05) is 24.3 Å². The summed E-state index contributed by atoms with van der Waals surface area (Å²) in [5.74, 6) is -0.181. The lowest BCUT2D eigenvalue weighted by Crippen LogP contribution is -2.26. The zero-order valence-corrected chi connectivity index (χ0v) is 16.8. The Hall–Kier alpha value is -3.80. The highest BCUT2D eigenvalue weighted by atomic mass is 19.1. The van der Waals surface area contributed by atoms with Crippen LogP contribution in [0.25, 0.3) is 0 Å². The van der Waals surface area contributed by atoms with Crippen LogP contribution in [0.5, 0.6) is 0 Å². The molecule has 0 amide bonds. The van der Waals surface area contributed by atoms with Crippen LogP contribution in [-0.4, -0.2) is 29.1 Å². The second kappa shape index (κ2) is 11.4. The van der Waals surface area contributed by atoms with Crippen LogP contribution in [0.15, 0.2) is 78.0 Å². The highest BCUT2D eigenvalue weighted by Gasteiger charge is 2.06. The van der Waals surface area contributed by atoms with Crippen LogP contribution in [0.2, 0.25) is 0 Å². The van der Waals surface area contributed by atoms with Crippen molar-refractivity contribution in [1.29, 1.82) is 5.26 Å². The van der Waals surface area contributed by atoms with Crippen LogP contribution in [0.1, 0.15) is 17.2 Å². The molecule has 3 aromatic rings. The highest BCUT2D eigenvalue weighted by molar-refractivity contribution is 5.96. The van der Waals surface area contributed by atoms with Gasteiger partial charge >= 0.3 is 0 Å². The van der Waals surface area contributed by atoms with Crippen molar-refractivity contribution < 1.29 is 9.50 Å². The van der Waals surface area contributed by atoms with Gasteiger partial charge in [0, 0.05) is 30.2 Å². The number of aliphatic hydroxyl groups is 1. The van der Waals surface area contributed by atoms with E-state index < -0.39 is 6.10 Å². The second-order valence-electron chi connectivity index (χ2n) is 6.76. The Bertz CT molecular complexity index is 1030. The molecule has 0 unspecified atom stereocenters. The minimum atomic E-state index is -0.595. The van der Waals surface area contributed by atoms with Crippen molar-refractivity contribution in [1.82, 2.24) is 15.6 Å². The molecule has 31 heavy (non-hydrogen) atoms. The Balaban J connectivity index is 1.51. The predicted molar refractivity (Wildman–Crippen MR) is 118 cm³/mol. The average molecular weight is 418 g/mol. The number of anilines is 1. The Kier molecular flexibility index (Phi) is 8.05. The molecule has 0 aliphatic rings. The molecule has 8 heteroatoms. The molecule has 0 bridgehead atoms. The standard InChI is InChI=1S/C23H23FN6O/c24-19-4-1-5-21(13-19)30-23(28-16-25)29-20-8-6-17(7-9-20)10-12-27-15-22(31)18-3-2-11-26-14-18/h1-9,11,13-14,22,27,31H,10,12,15H2,(H2,28,29,30)/t22-/m0/s1. The van der Waals surface area contributed by atoms with Crippen molar-refractivity contribution in [2.45, 2.75) is 12.5 Å². The number of aliphatic imine (C=N–C) groups is 1. The third kappa shape index (κ3) is 7.19. The smallest absolute Gasteiger partial charge is 0.214 e. The number of hydrogen-bond donors (Lipinski definition) is 4. The first-order valence-electron chi connectivity index (χ1n) is 9.78. The van der Waals surface area contributed by atoms with E-state index in [1.807, 2.05) is 36.5 Å². The fourth-order valence-corrected chi connectivity index (χ4v) is 2.87. The van der Waals surface area contributed by atoms with Gasteiger partial charge in [0.2, 0.25) is 5.96 Å². The quantitative estimate of drug-likeness (QED) is 0.147. The van der Waals surface area contributed by atoms with Crippen molar-refractivity contribution in [2.24, 2.45) is 4.99 Å². The summed E-state index contributed by atoms with van der Waals surface area (Å²) in [5.41, 5.74) is 3.02. The van der Waals surface area contributed by atoms with Gasteiger partial charge in [0.25, 0.3) is 0 Å². The van der Waals surface area contributed by atoms with Crippen molar-refractivity contribution in [3.8, 4) is 6.19 Å². The molecular formula is C23H23FN6O. The minimum Gasteiger partial charge on any atom is -0.387 e. The molecule has 0 aliphatic heterocycles. The van der Waals surface area contributed by atoms with Crippen LogP contribution in [0, 0.1) is 17.3 Å². The summed E-state index contributed by atoms with van der Waals surface area (Å²) in [5, 5.41) is 27.7. The summed E-state index contributed by atoms with van der Waals surface area (Å²) >= 11 is 0. The summed E-state index contributed by atoms with van der Waals surface area (Å²) in [6, 6.07) is 17.1. The molecule has 3 rings (SSSR count). The van der Waals surface area contributed by atoms with E-state index in [-0.39, 0.29) is 11.8 Å². The number of aromatic nitrogens is 1. The molecular weight excluding hydrogens is 395 g/mol. The largest absolute Gasteiger partial charge is 0.387 e. The summed E-state index contributed by atoms with van der Waals surface area (Å²) in [6.07, 6.45) is 5.34. The molecule has 0 saturated heterocycles. The Labute approximate surface area is 180 Å². The van der Waals surface area contributed by atoms with E-state index in [4.69, 9.17) is 5.26 Å². The van der Waals surface area contributed by atoms with E-state index in [2.05, 4.69) is 25.9 Å². The number of aliphatic hydroxyl groups excluding tert-OH is 1. The van der Waals surface area contributed by atoms with Gasteiger partial charge in [-0.2, -0.15) is 5.26 Å². The Morgan fingerprint density at radius 3 is 2.71 bits per heavy atom. The lowest BCUT2D eigenvalue weighted by Gasteiger charge is -2.12. The first kappa shape index (κ1) is 21.9. The molecule has 0 fully saturated rings. The number of guanidine groups is 1. The number of hydrogen-bond acceptors (Lipinski definition) is 5. The van der Waals surface area contributed by atoms with Gasteiger partial charge in [0.05, 0.1) is 11.8 Å². The topological polar surface area (TPSA) is 105 Å². The fraction of sp³-hybridized carbons (Fsp3) is 0.174. The summed E-state index contributed by atoms with van der Waals surface area (Å²) in [4.78, 5) is 8.37. The molecule has 2 aromatic carbocycles. The van der Waals surface area contributed by atoms with Gasteiger partial charge in [-0.3, -0.25) is 10.3 Å². The van der Waals surface area contributed by atoms with Gasteiger partial charge < -0.3 is 15.7 Å². The maximum absolute atomic E-state index is 13.3. The Morgan fingerprint density at radius 1 is 1.16 bits per heavy atom. The zero-order chi connectivity index (χ0) is 21.9. The third-order valence-electron chi connectivity index (χ3n) is 4.44. The molecule has 1 aromatic heterocycles. The molecule has 1 heterocycles. The van der Waals surface area contributed by atoms with Crippen molar-refractivity contribution >= 4 is 17.3 Å². The molecule has 158 valence electrons. The van der Waals surface area contributed by atoms with Crippen molar-refractivity contribution in [3.05, 3.63) is 90.0 Å². The summed E-state index contributed by atoms with van der Waals surface area (Å²) in [7, 11) is 0. The zero-order valence-electron chi connectivity index (χ0n) is 16.8. The first-order valence-corrected chi connectivity index (χ1v) is 9.78. The Morgan fingerprint density at radius 2 is 2.00 bits per heavy atom. The van der Waals surface area contributed by atoms with E-state index in [9.17, 15) is 9.50 Å². The predicted octanol–water partition coefficient (Wildman–Crippen LogP) is 3.26. The number of pyridine rings is 1. The molecule has 0 saturated carbocycles. The number of rotatable bonds is 8. The lowest BCUT2D eigenvalue weighted by atomic mass is 10.1. The fourth-order valence-electron chi connectivity index (χ4n) is 2.87. The molecule has 0 radical (unpaired) electrons. The van der Waals surface area contributed by atoms with Crippen LogP contribution in [0.4, 0.5) is 15.8 Å². The SMILES string of the molecule is N#CNC(=Nc1ccc(CCNC[C@H](O)c2cccnc2)cc1)Nc1cccc(F)c1. The maximum atomic E-state index is 13.3. The van der Waals surface area contributed by atoms with E-state index in [0.717, 1.165) is 17.5 Å². The minimum absolute atomic E-state index is 0.201. The van der Waals surface area contributed by atoms with E-state index >= 15 is 0 Å². The van der Waals surface area contributed by atoms with Crippen LogP contribution < -0.4 is 16.0 Å². The first-order chi connectivity index (χ1) is 15.1. The third-order valence-corrected chi connectivity index (χ3v) is 4.44. The summed E-state index contributed by atoms with van der Waals surface area (Å²) in [6.45, 7) is 1.16. The van der Waals surface area contributed by atoms with E-state index in [1.165, 1.54) is 12.1 Å². The average Bonchev–Trinajstić information content (AvgIpc) is 2.78. The molecule has 7 nitrogen and oxygen atoms in total. The highest BCUT2D eigenvalue weighted by Crippen LogP contribution is 2.15. The van der Waals surface area contributed by atoms with Crippen LogP contribution in [0.3, 0.4) is 0 Å². The molecule has 0 aliphatic carbocycles. The maximum Gasteiger partial charge on any atom is 0.214 e. The molecule has 1 atom stereocenters. The number of nitrogens with zero attached hydrogens (tertiary/aromatic N) is 3. The van der Waals surface area contributed by atoms with Gasteiger partial charge in [-0.25, -0.2) is 9.38 Å². The second-order valence-corrected chi connectivity index (χ2v) is 6.76. The van der Waals surface area contributed by atoms with Crippen molar-refractivity contribution in [2.75, 3.05) is 18.4 Å².